The first-order chi connectivity index (χ1) is 6.53. The molecule has 0 saturated heterocycles. The molecule has 0 unspecified atom stereocenters. The van der Waals surface area contributed by atoms with Gasteiger partial charge in [0, 0.05) is 16.2 Å². The number of nitrogens with one attached hydrogen (secondary N) is 1. The molecule has 78 valence electrons. The zero-order chi connectivity index (χ0) is 10.6. The zero-order valence-corrected chi connectivity index (χ0v) is 10.2. The van der Waals surface area contributed by atoms with Crippen molar-refractivity contribution in [3.8, 4) is 0 Å². The van der Waals surface area contributed by atoms with Gasteiger partial charge in [-0.3, -0.25) is 0 Å². The third-order valence-electron chi connectivity index (χ3n) is 1.76. The van der Waals surface area contributed by atoms with Crippen molar-refractivity contribution in [2.24, 2.45) is 0 Å². The van der Waals surface area contributed by atoms with Crippen LogP contribution in [0, 0.1) is 0 Å². The Morgan fingerprint density at radius 2 is 1.86 bits per heavy atom. The predicted molar refractivity (Wildman–Crippen MR) is 64.8 cm³/mol. The van der Waals surface area contributed by atoms with Crippen molar-refractivity contribution in [2.75, 3.05) is 7.05 Å². The van der Waals surface area contributed by atoms with E-state index in [1.165, 1.54) is 10.5 Å². The summed E-state index contributed by atoms with van der Waals surface area (Å²) < 4.78 is 0.282. The molecule has 0 aliphatic rings. The SMILES string of the molecule is CNCc1ccccc1SC(C)(C)C. The first-order valence-electron chi connectivity index (χ1n) is 4.94. The summed E-state index contributed by atoms with van der Waals surface area (Å²) in [5, 5.41) is 3.20. The van der Waals surface area contributed by atoms with Crippen molar-refractivity contribution in [3.63, 3.8) is 0 Å². The van der Waals surface area contributed by atoms with E-state index in [9.17, 15) is 0 Å². The zero-order valence-electron chi connectivity index (χ0n) is 9.42. The minimum absolute atomic E-state index is 0.282. The highest BCUT2D eigenvalue weighted by molar-refractivity contribution is 8.00. The second-order valence-electron chi connectivity index (χ2n) is 4.35. The van der Waals surface area contributed by atoms with Gasteiger partial charge in [0.15, 0.2) is 0 Å². The number of benzene rings is 1. The minimum atomic E-state index is 0.282. The van der Waals surface area contributed by atoms with Crippen LogP contribution >= 0.6 is 11.8 Å². The van der Waals surface area contributed by atoms with Gasteiger partial charge in [0.1, 0.15) is 0 Å². The lowest BCUT2D eigenvalue weighted by Crippen LogP contribution is -2.10. The molecule has 2 heteroatoms. The summed E-state index contributed by atoms with van der Waals surface area (Å²) in [6.45, 7) is 7.68. The molecule has 1 aromatic carbocycles. The Hall–Kier alpha value is -0.470. The minimum Gasteiger partial charge on any atom is -0.316 e. The quantitative estimate of drug-likeness (QED) is 0.767. The lowest BCUT2D eigenvalue weighted by Gasteiger charge is -2.19. The van der Waals surface area contributed by atoms with Crippen LogP contribution in [0.4, 0.5) is 0 Å². The van der Waals surface area contributed by atoms with Gasteiger partial charge in [0.25, 0.3) is 0 Å². The summed E-state index contributed by atoms with van der Waals surface area (Å²) >= 11 is 1.93. The monoisotopic (exact) mass is 209 g/mol. The summed E-state index contributed by atoms with van der Waals surface area (Å²) in [7, 11) is 1.98. The molecule has 1 aromatic rings. The molecule has 0 aliphatic carbocycles. The van der Waals surface area contributed by atoms with E-state index in [0.717, 1.165) is 6.54 Å². The summed E-state index contributed by atoms with van der Waals surface area (Å²) in [4.78, 5) is 1.38. The summed E-state index contributed by atoms with van der Waals surface area (Å²) in [5.74, 6) is 0. The first kappa shape index (κ1) is 11.6. The molecular weight excluding hydrogens is 190 g/mol. The molecule has 0 aromatic heterocycles. The van der Waals surface area contributed by atoms with Gasteiger partial charge in [-0.2, -0.15) is 0 Å². The fraction of sp³-hybridized carbons (Fsp3) is 0.500. The van der Waals surface area contributed by atoms with Crippen LogP contribution in [0.3, 0.4) is 0 Å². The van der Waals surface area contributed by atoms with Gasteiger partial charge in [-0.25, -0.2) is 0 Å². The Labute approximate surface area is 91.3 Å². The summed E-state index contributed by atoms with van der Waals surface area (Å²) in [5.41, 5.74) is 1.38. The average Bonchev–Trinajstić information content (AvgIpc) is 2.06. The molecule has 0 bridgehead atoms. The van der Waals surface area contributed by atoms with Crippen LogP contribution in [0.5, 0.6) is 0 Å². The van der Waals surface area contributed by atoms with Crippen molar-refractivity contribution in [3.05, 3.63) is 29.8 Å². The van der Waals surface area contributed by atoms with E-state index in [4.69, 9.17) is 0 Å². The van der Waals surface area contributed by atoms with E-state index in [0.29, 0.717) is 0 Å². The van der Waals surface area contributed by atoms with E-state index in [1.807, 2.05) is 18.8 Å². The average molecular weight is 209 g/mol. The molecule has 0 aliphatic heterocycles. The number of hydrogen-bond donors (Lipinski definition) is 1. The van der Waals surface area contributed by atoms with Crippen molar-refractivity contribution in [1.29, 1.82) is 0 Å². The molecule has 0 fully saturated rings. The van der Waals surface area contributed by atoms with Crippen LogP contribution < -0.4 is 5.32 Å². The Balaban J connectivity index is 2.84. The van der Waals surface area contributed by atoms with Gasteiger partial charge in [0.2, 0.25) is 0 Å². The molecule has 1 N–H and O–H groups in total. The second kappa shape index (κ2) is 4.85. The van der Waals surface area contributed by atoms with Crippen molar-refractivity contribution < 1.29 is 0 Å². The van der Waals surface area contributed by atoms with Crippen molar-refractivity contribution in [1.82, 2.24) is 5.32 Å². The Morgan fingerprint density at radius 3 is 2.43 bits per heavy atom. The van der Waals surface area contributed by atoms with Crippen molar-refractivity contribution >= 4 is 11.8 Å². The molecule has 0 spiro atoms. The van der Waals surface area contributed by atoms with E-state index in [-0.39, 0.29) is 4.75 Å². The van der Waals surface area contributed by atoms with Gasteiger partial charge < -0.3 is 5.32 Å². The van der Waals surface area contributed by atoms with Crippen LogP contribution in [0.1, 0.15) is 26.3 Å². The highest BCUT2D eigenvalue weighted by atomic mass is 32.2. The van der Waals surface area contributed by atoms with Crippen molar-refractivity contribution in [2.45, 2.75) is 37.0 Å². The molecule has 0 saturated carbocycles. The largest absolute Gasteiger partial charge is 0.316 e. The topological polar surface area (TPSA) is 12.0 Å². The van der Waals surface area contributed by atoms with E-state index in [2.05, 4.69) is 50.4 Å². The van der Waals surface area contributed by atoms with Gasteiger partial charge in [0.05, 0.1) is 0 Å². The molecule has 0 amide bonds. The molecule has 14 heavy (non-hydrogen) atoms. The number of rotatable bonds is 3. The van der Waals surface area contributed by atoms with Gasteiger partial charge in [-0.1, -0.05) is 39.0 Å². The second-order valence-corrected chi connectivity index (χ2v) is 6.22. The maximum Gasteiger partial charge on any atom is 0.0213 e. The molecule has 0 atom stereocenters. The smallest absolute Gasteiger partial charge is 0.0213 e. The van der Waals surface area contributed by atoms with Crippen LogP contribution in [0.15, 0.2) is 29.2 Å². The summed E-state index contributed by atoms with van der Waals surface area (Å²) in [6, 6.07) is 8.58. The van der Waals surface area contributed by atoms with Crippen LogP contribution in [-0.4, -0.2) is 11.8 Å². The van der Waals surface area contributed by atoms with Gasteiger partial charge in [-0.15, -0.1) is 11.8 Å². The van der Waals surface area contributed by atoms with E-state index in [1.54, 1.807) is 0 Å². The number of hydrogen-bond acceptors (Lipinski definition) is 2. The first-order valence-corrected chi connectivity index (χ1v) is 5.76. The van der Waals surface area contributed by atoms with E-state index >= 15 is 0 Å². The lowest BCUT2D eigenvalue weighted by molar-refractivity contribution is 0.786. The Bertz CT molecular complexity index is 289. The summed E-state index contributed by atoms with van der Waals surface area (Å²) in [6.07, 6.45) is 0. The maximum absolute atomic E-state index is 3.20. The molecule has 1 rings (SSSR count). The third kappa shape index (κ3) is 3.72. The fourth-order valence-electron chi connectivity index (χ4n) is 1.27. The molecule has 1 nitrogen and oxygen atoms in total. The standard InChI is InChI=1S/C12H19NS/c1-12(2,3)14-11-8-6-5-7-10(11)9-13-4/h5-8,13H,9H2,1-4H3. The van der Waals surface area contributed by atoms with Gasteiger partial charge >= 0.3 is 0 Å². The van der Waals surface area contributed by atoms with Crippen LogP contribution in [-0.2, 0) is 6.54 Å². The van der Waals surface area contributed by atoms with Crippen LogP contribution in [0.2, 0.25) is 0 Å². The highest BCUT2D eigenvalue weighted by Gasteiger charge is 2.13. The Morgan fingerprint density at radius 1 is 1.21 bits per heavy atom. The normalized spacial score (nSPS) is 11.7. The predicted octanol–water partition coefficient (Wildman–Crippen LogP) is 3.30. The molecule has 0 heterocycles. The maximum atomic E-state index is 3.20. The lowest BCUT2D eigenvalue weighted by atomic mass is 10.2. The Kier molecular flexibility index (Phi) is 4.02. The molecular formula is C12H19NS. The highest BCUT2D eigenvalue weighted by Crippen LogP contribution is 2.33. The fourth-order valence-corrected chi connectivity index (χ4v) is 2.35. The number of thioether (sulfide) groups is 1. The van der Waals surface area contributed by atoms with Crippen LogP contribution in [0.25, 0.3) is 0 Å². The van der Waals surface area contributed by atoms with Gasteiger partial charge in [-0.05, 0) is 18.7 Å². The molecule has 0 radical (unpaired) electrons. The van der Waals surface area contributed by atoms with E-state index < -0.39 is 0 Å². The third-order valence-corrected chi connectivity index (χ3v) is 2.99.